The Bertz CT molecular complexity index is 652. The summed E-state index contributed by atoms with van der Waals surface area (Å²) in [6, 6.07) is 8.92. The van der Waals surface area contributed by atoms with E-state index in [1.807, 2.05) is 24.3 Å². The van der Waals surface area contributed by atoms with Crippen molar-refractivity contribution < 1.29 is 8.42 Å². The molecule has 0 saturated heterocycles. The van der Waals surface area contributed by atoms with Crippen molar-refractivity contribution in [2.24, 2.45) is 7.05 Å². The maximum Gasteiger partial charge on any atom is 0.258 e. The zero-order chi connectivity index (χ0) is 13.2. The van der Waals surface area contributed by atoms with Crippen LogP contribution in [0.4, 0.5) is 0 Å². The molecular weight excluding hydrogens is 318 g/mol. The largest absolute Gasteiger partial charge is 0.258 e. The highest BCUT2D eigenvalue weighted by molar-refractivity contribution is 9.10. The van der Waals surface area contributed by atoms with Crippen LogP contribution in [0.3, 0.4) is 0 Å². The number of benzene rings is 1. The molecule has 0 fully saturated rings. The third-order valence-corrected chi connectivity index (χ3v) is 4.71. The molecule has 0 amide bonds. The predicted octanol–water partition coefficient (Wildman–Crippen LogP) is 1.66. The van der Waals surface area contributed by atoms with Crippen LogP contribution in [0.1, 0.15) is 5.56 Å². The van der Waals surface area contributed by atoms with Gasteiger partial charge < -0.3 is 0 Å². The van der Waals surface area contributed by atoms with Gasteiger partial charge >= 0.3 is 0 Å². The van der Waals surface area contributed by atoms with Crippen molar-refractivity contribution in [2.45, 2.75) is 11.6 Å². The number of aryl methyl sites for hydroxylation is 1. The van der Waals surface area contributed by atoms with Crippen LogP contribution >= 0.6 is 15.9 Å². The second-order valence-corrected chi connectivity index (χ2v) is 6.28. The van der Waals surface area contributed by atoms with Gasteiger partial charge in [-0.05, 0) is 17.7 Å². The molecule has 0 unspecified atom stereocenters. The van der Waals surface area contributed by atoms with Gasteiger partial charge in [-0.1, -0.05) is 34.1 Å². The van der Waals surface area contributed by atoms with Crippen LogP contribution in [0.2, 0.25) is 0 Å². The van der Waals surface area contributed by atoms with E-state index >= 15 is 0 Å². The van der Waals surface area contributed by atoms with E-state index in [1.54, 1.807) is 7.05 Å². The Morgan fingerprint density at radius 2 is 2.06 bits per heavy atom. The van der Waals surface area contributed by atoms with Gasteiger partial charge in [0.15, 0.2) is 5.03 Å². The number of halogens is 1. The Balaban J connectivity index is 2.16. The van der Waals surface area contributed by atoms with Crippen molar-refractivity contribution in [3.63, 3.8) is 0 Å². The molecule has 0 aliphatic rings. The summed E-state index contributed by atoms with van der Waals surface area (Å²) in [7, 11) is -1.94. The molecule has 0 saturated carbocycles. The van der Waals surface area contributed by atoms with Crippen molar-refractivity contribution in [3.05, 3.63) is 46.6 Å². The van der Waals surface area contributed by atoms with Gasteiger partial charge in [0.05, 0.1) is 6.20 Å². The minimum absolute atomic E-state index is 0.148. The molecule has 1 aromatic carbocycles. The number of nitrogens with zero attached hydrogens (tertiary/aromatic N) is 2. The summed E-state index contributed by atoms with van der Waals surface area (Å²) in [6.07, 6.45) is 1.45. The lowest BCUT2D eigenvalue weighted by molar-refractivity contribution is 0.562. The summed E-state index contributed by atoms with van der Waals surface area (Å²) in [5.41, 5.74) is 0.878. The van der Waals surface area contributed by atoms with E-state index in [0.29, 0.717) is 0 Å². The quantitative estimate of drug-likeness (QED) is 0.927. The molecular formula is C11H12BrN3O2S. The topological polar surface area (TPSA) is 64.0 Å². The Kier molecular flexibility index (Phi) is 3.84. The van der Waals surface area contributed by atoms with Crippen LogP contribution in [-0.4, -0.2) is 18.2 Å². The van der Waals surface area contributed by atoms with Gasteiger partial charge in [-0.25, -0.2) is 13.1 Å². The zero-order valence-corrected chi connectivity index (χ0v) is 12.1. The van der Waals surface area contributed by atoms with E-state index in [2.05, 4.69) is 25.8 Å². The van der Waals surface area contributed by atoms with E-state index in [9.17, 15) is 8.42 Å². The Morgan fingerprint density at radius 1 is 1.33 bits per heavy atom. The van der Waals surface area contributed by atoms with E-state index in [4.69, 9.17) is 0 Å². The van der Waals surface area contributed by atoms with Crippen molar-refractivity contribution in [3.8, 4) is 0 Å². The highest BCUT2D eigenvalue weighted by atomic mass is 79.9. The third kappa shape index (κ3) is 2.80. The molecule has 18 heavy (non-hydrogen) atoms. The fourth-order valence-corrected chi connectivity index (χ4v) is 3.07. The minimum Gasteiger partial charge on any atom is -0.256 e. The molecule has 0 aliphatic heterocycles. The van der Waals surface area contributed by atoms with Crippen molar-refractivity contribution in [2.75, 3.05) is 0 Å². The fourth-order valence-electron chi connectivity index (χ4n) is 1.51. The SMILES string of the molecule is Cn1nccc1S(=O)(=O)NCc1ccccc1Br. The molecule has 1 heterocycles. The first-order valence-corrected chi connectivity index (χ1v) is 7.49. The van der Waals surface area contributed by atoms with Crippen LogP contribution in [-0.2, 0) is 23.6 Å². The molecule has 96 valence electrons. The molecule has 0 radical (unpaired) electrons. The zero-order valence-electron chi connectivity index (χ0n) is 9.67. The highest BCUT2D eigenvalue weighted by Gasteiger charge is 2.17. The summed E-state index contributed by atoms with van der Waals surface area (Å²) in [5.74, 6) is 0. The second-order valence-electron chi connectivity index (χ2n) is 3.71. The number of hydrogen-bond donors (Lipinski definition) is 1. The molecule has 5 nitrogen and oxygen atoms in total. The molecule has 0 atom stereocenters. The van der Waals surface area contributed by atoms with Gasteiger partial charge in [-0.2, -0.15) is 5.10 Å². The normalized spacial score (nSPS) is 11.7. The van der Waals surface area contributed by atoms with E-state index in [0.717, 1.165) is 10.0 Å². The fraction of sp³-hybridized carbons (Fsp3) is 0.182. The van der Waals surface area contributed by atoms with Crippen LogP contribution < -0.4 is 4.72 Å². The minimum atomic E-state index is -3.53. The maximum absolute atomic E-state index is 12.0. The van der Waals surface area contributed by atoms with Gasteiger partial charge in [0.1, 0.15) is 0 Å². The summed E-state index contributed by atoms with van der Waals surface area (Å²) in [5, 5.41) is 3.99. The summed E-state index contributed by atoms with van der Waals surface area (Å²) in [6.45, 7) is 0.231. The maximum atomic E-state index is 12.0. The first kappa shape index (κ1) is 13.3. The van der Waals surface area contributed by atoms with Crippen LogP contribution in [0, 0.1) is 0 Å². The Labute approximate surface area is 114 Å². The standard InChI is InChI=1S/C11H12BrN3O2S/c1-15-11(6-7-13-15)18(16,17)14-8-9-4-2-3-5-10(9)12/h2-7,14H,8H2,1H3. The third-order valence-electron chi connectivity index (χ3n) is 2.46. The predicted molar refractivity (Wildman–Crippen MR) is 71.4 cm³/mol. The number of rotatable bonds is 4. The van der Waals surface area contributed by atoms with Crippen molar-refractivity contribution >= 4 is 26.0 Å². The van der Waals surface area contributed by atoms with E-state index < -0.39 is 10.0 Å². The molecule has 7 heteroatoms. The molecule has 0 spiro atoms. The van der Waals surface area contributed by atoms with Crippen LogP contribution in [0.5, 0.6) is 0 Å². The first-order valence-electron chi connectivity index (χ1n) is 5.22. The average molecular weight is 330 g/mol. The summed E-state index contributed by atoms with van der Waals surface area (Å²) in [4.78, 5) is 0. The highest BCUT2D eigenvalue weighted by Crippen LogP contribution is 2.16. The molecule has 2 aromatic rings. The lowest BCUT2D eigenvalue weighted by Gasteiger charge is -2.08. The van der Waals surface area contributed by atoms with Crippen molar-refractivity contribution in [1.82, 2.24) is 14.5 Å². The lowest BCUT2D eigenvalue weighted by atomic mass is 10.2. The van der Waals surface area contributed by atoms with Crippen LogP contribution in [0.25, 0.3) is 0 Å². The molecule has 0 bridgehead atoms. The van der Waals surface area contributed by atoms with Crippen molar-refractivity contribution in [1.29, 1.82) is 0 Å². The molecule has 2 rings (SSSR count). The van der Waals surface area contributed by atoms with Gasteiger partial charge in [0.2, 0.25) is 0 Å². The molecule has 0 aliphatic carbocycles. The lowest BCUT2D eigenvalue weighted by Crippen LogP contribution is -2.25. The van der Waals surface area contributed by atoms with Gasteiger partial charge in [0, 0.05) is 18.1 Å². The van der Waals surface area contributed by atoms with E-state index in [1.165, 1.54) is 16.9 Å². The number of sulfonamides is 1. The Morgan fingerprint density at radius 3 is 2.67 bits per heavy atom. The molecule has 1 N–H and O–H groups in total. The van der Waals surface area contributed by atoms with E-state index in [-0.39, 0.29) is 11.6 Å². The van der Waals surface area contributed by atoms with Crippen LogP contribution in [0.15, 0.2) is 46.0 Å². The average Bonchev–Trinajstić information content (AvgIpc) is 2.75. The second kappa shape index (κ2) is 5.21. The van der Waals surface area contributed by atoms with Gasteiger partial charge in [0.25, 0.3) is 10.0 Å². The number of aromatic nitrogens is 2. The summed E-state index contributed by atoms with van der Waals surface area (Å²) >= 11 is 3.37. The Hall–Kier alpha value is -1.18. The number of hydrogen-bond acceptors (Lipinski definition) is 3. The number of nitrogens with one attached hydrogen (secondary N) is 1. The first-order chi connectivity index (χ1) is 8.50. The molecule has 1 aromatic heterocycles. The van der Waals surface area contributed by atoms with Gasteiger partial charge in [-0.3, -0.25) is 4.68 Å². The van der Waals surface area contributed by atoms with Gasteiger partial charge in [-0.15, -0.1) is 0 Å². The smallest absolute Gasteiger partial charge is 0.256 e. The summed E-state index contributed by atoms with van der Waals surface area (Å²) < 4.78 is 28.8. The monoisotopic (exact) mass is 329 g/mol.